The number of fused-ring (bicyclic) bond motifs is 1. The summed E-state index contributed by atoms with van der Waals surface area (Å²) in [4.78, 5) is 31.7. The van der Waals surface area contributed by atoms with Crippen LogP contribution >= 0.6 is 23.1 Å². The molecule has 2 aliphatic rings. The first-order chi connectivity index (χ1) is 14.2. The summed E-state index contributed by atoms with van der Waals surface area (Å²) in [5, 5.41) is 6.67. The lowest BCUT2D eigenvalue weighted by Gasteiger charge is -2.21. The first-order valence-corrected chi connectivity index (χ1v) is 12.3. The van der Waals surface area contributed by atoms with Gasteiger partial charge in [-0.1, -0.05) is 31.4 Å². The van der Waals surface area contributed by atoms with Gasteiger partial charge in [-0.25, -0.2) is 4.98 Å². The van der Waals surface area contributed by atoms with Crippen LogP contribution in [-0.4, -0.2) is 29.1 Å². The van der Waals surface area contributed by atoms with Crippen LogP contribution in [0, 0.1) is 5.92 Å². The molecular formula is C22H27N3O2S2. The van der Waals surface area contributed by atoms with E-state index in [-0.39, 0.29) is 11.8 Å². The van der Waals surface area contributed by atoms with Crippen molar-refractivity contribution in [3.63, 3.8) is 0 Å². The average Bonchev–Trinajstić information content (AvgIpc) is 3.33. The van der Waals surface area contributed by atoms with Crippen LogP contribution in [0.25, 0.3) is 0 Å². The Balaban J connectivity index is 1.31. The van der Waals surface area contributed by atoms with Gasteiger partial charge in [0, 0.05) is 16.3 Å². The predicted molar refractivity (Wildman–Crippen MR) is 119 cm³/mol. The lowest BCUT2D eigenvalue weighted by Crippen LogP contribution is -2.31. The zero-order valence-electron chi connectivity index (χ0n) is 16.5. The summed E-state index contributed by atoms with van der Waals surface area (Å²) in [6.07, 6.45) is 9.54. The quantitative estimate of drug-likeness (QED) is 0.627. The predicted octanol–water partition coefficient (Wildman–Crippen LogP) is 4.67. The Hall–Kier alpha value is -1.86. The van der Waals surface area contributed by atoms with Gasteiger partial charge < -0.3 is 5.32 Å². The van der Waals surface area contributed by atoms with Crippen LogP contribution in [0.15, 0.2) is 29.2 Å². The molecule has 2 aliphatic carbocycles. The fraction of sp³-hybridized carbons (Fsp3) is 0.500. The Bertz CT molecular complexity index is 853. The number of thioether (sulfide) groups is 1. The number of rotatable bonds is 7. The molecule has 0 atom stereocenters. The molecule has 1 heterocycles. The summed E-state index contributed by atoms with van der Waals surface area (Å²) < 4.78 is 0. The Kier molecular flexibility index (Phi) is 6.87. The third kappa shape index (κ3) is 5.39. The van der Waals surface area contributed by atoms with Gasteiger partial charge in [0.25, 0.3) is 5.91 Å². The number of aryl methyl sites for hydroxylation is 2. The topological polar surface area (TPSA) is 71.1 Å². The molecular weight excluding hydrogens is 402 g/mol. The minimum Gasteiger partial charge on any atom is -0.355 e. The molecule has 1 saturated carbocycles. The SMILES string of the molecule is O=C(CSc1ccccc1C(=O)Nc1nc2c(s1)CCC2)NCC1CCCCC1. The highest BCUT2D eigenvalue weighted by atomic mass is 32.2. The minimum atomic E-state index is -0.164. The highest BCUT2D eigenvalue weighted by Crippen LogP contribution is 2.31. The van der Waals surface area contributed by atoms with Crippen LogP contribution in [-0.2, 0) is 17.6 Å². The van der Waals surface area contributed by atoms with E-state index in [1.54, 1.807) is 17.4 Å². The van der Waals surface area contributed by atoms with Gasteiger partial charge in [0.1, 0.15) is 0 Å². The van der Waals surface area contributed by atoms with Crippen LogP contribution in [0.5, 0.6) is 0 Å². The van der Waals surface area contributed by atoms with Crippen molar-refractivity contribution in [1.29, 1.82) is 0 Å². The highest BCUT2D eigenvalue weighted by molar-refractivity contribution is 8.00. The maximum atomic E-state index is 12.8. The van der Waals surface area contributed by atoms with Gasteiger partial charge in [0.05, 0.1) is 17.0 Å². The van der Waals surface area contributed by atoms with E-state index >= 15 is 0 Å². The van der Waals surface area contributed by atoms with E-state index in [1.807, 2.05) is 18.2 Å². The van der Waals surface area contributed by atoms with Crippen LogP contribution in [0.4, 0.5) is 5.13 Å². The van der Waals surface area contributed by atoms with Crippen molar-refractivity contribution in [1.82, 2.24) is 10.3 Å². The lowest BCUT2D eigenvalue weighted by atomic mass is 9.89. The van der Waals surface area contributed by atoms with Gasteiger partial charge >= 0.3 is 0 Å². The number of thiazole rings is 1. The molecule has 4 rings (SSSR count). The van der Waals surface area contributed by atoms with Crippen molar-refractivity contribution in [3.8, 4) is 0 Å². The second kappa shape index (κ2) is 9.76. The zero-order chi connectivity index (χ0) is 20.1. The van der Waals surface area contributed by atoms with Crippen molar-refractivity contribution in [2.24, 2.45) is 5.92 Å². The second-order valence-corrected chi connectivity index (χ2v) is 9.89. The number of hydrogen-bond donors (Lipinski definition) is 2. The average molecular weight is 430 g/mol. The minimum absolute atomic E-state index is 0.0344. The summed E-state index contributed by atoms with van der Waals surface area (Å²) in [6, 6.07) is 7.45. The van der Waals surface area contributed by atoms with Crippen LogP contribution in [0.3, 0.4) is 0 Å². The van der Waals surface area contributed by atoms with Gasteiger partial charge in [-0.3, -0.25) is 14.9 Å². The number of nitrogens with zero attached hydrogens (tertiary/aromatic N) is 1. The van der Waals surface area contributed by atoms with Crippen molar-refractivity contribution in [3.05, 3.63) is 40.4 Å². The van der Waals surface area contributed by atoms with Crippen molar-refractivity contribution in [2.45, 2.75) is 56.3 Å². The molecule has 1 aromatic carbocycles. The van der Waals surface area contributed by atoms with Gasteiger partial charge in [0.15, 0.2) is 5.13 Å². The van der Waals surface area contributed by atoms with E-state index in [0.29, 0.717) is 22.4 Å². The molecule has 0 unspecified atom stereocenters. The van der Waals surface area contributed by atoms with Crippen molar-refractivity contribution >= 4 is 40.0 Å². The third-order valence-electron chi connectivity index (χ3n) is 5.62. The fourth-order valence-corrected chi connectivity index (χ4v) is 5.96. The first-order valence-electron chi connectivity index (χ1n) is 10.5. The van der Waals surface area contributed by atoms with E-state index in [9.17, 15) is 9.59 Å². The summed E-state index contributed by atoms with van der Waals surface area (Å²) in [6.45, 7) is 0.774. The molecule has 154 valence electrons. The van der Waals surface area contributed by atoms with E-state index in [4.69, 9.17) is 0 Å². The molecule has 2 N–H and O–H groups in total. The molecule has 1 aromatic heterocycles. The number of amides is 2. The molecule has 0 saturated heterocycles. The largest absolute Gasteiger partial charge is 0.355 e. The molecule has 29 heavy (non-hydrogen) atoms. The molecule has 2 amide bonds. The molecule has 2 aromatic rings. The number of aromatic nitrogens is 1. The van der Waals surface area contributed by atoms with Crippen molar-refractivity contribution < 1.29 is 9.59 Å². The van der Waals surface area contributed by atoms with Crippen LogP contribution in [0.2, 0.25) is 0 Å². The monoisotopic (exact) mass is 429 g/mol. The number of benzene rings is 1. The Morgan fingerprint density at radius 3 is 2.76 bits per heavy atom. The molecule has 0 spiro atoms. The van der Waals surface area contributed by atoms with E-state index in [0.717, 1.165) is 36.4 Å². The van der Waals surface area contributed by atoms with Gasteiger partial charge in [-0.15, -0.1) is 23.1 Å². The van der Waals surface area contributed by atoms with E-state index in [1.165, 1.54) is 48.7 Å². The lowest BCUT2D eigenvalue weighted by molar-refractivity contribution is -0.118. The molecule has 1 fully saturated rings. The van der Waals surface area contributed by atoms with Crippen LogP contribution < -0.4 is 10.6 Å². The maximum absolute atomic E-state index is 12.8. The maximum Gasteiger partial charge on any atom is 0.258 e. The standard InChI is InChI=1S/C22H27N3O2S2/c26-20(23-13-15-7-2-1-3-8-15)14-28-18-11-5-4-9-16(18)21(27)25-22-24-17-10-6-12-19(17)29-22/h4-5,9,11,15H,1-3,6-8,10,12-14H2,(H,23,26)(H,24,25,27). The summed E-state index contributed by atoms with van der Waals surface area (Å²) in [7, 11) is 0. The molecule has 7 heteroatoms. The first kappa shape index (κ1) is 20.4. The van der Waals surface area contributed by atoms with Gasteiger partial charge in [0.2, 0.25) is 5.91 Å². The summed E-state index contributed by atoms with van der Waals surface area (Å²) in [5.41, 5.74) is 1.72. The Morgan fingerprint density at radius 1 is 1.10 bits per heavy atom. The zero-order valence-corrected chi connectivity index (χ0v) is 18.2. The number of carbonyl (C=O) groups is 2. The molecule has 0 aliphatic heterocycles. The van der Waals surface area contributed by atoms with E-state index in [2.05, 4.69) is 15.6 Å². The normalized spacial score (nSPS) is 16.4. The second-order valence-electron chi connectivity index (χ2n) is 7.79. The van der Waals surface area contributed by atoms with Gasteiger partial charge in [-0.05, 0) is 50.2 Å². The summed E-state index contributed by atoms with van der Waals surface area (Å²) >= 11 is 2.99. The Morgan fingerprint density at radius 2 is 1.93 bits per heavy atom. The molecule has 0 bridgehead atoms. The highest BCUT2D eigenvalue weighted by Gasteiger charge is 2.20. The van der Waals surface area contributed by atoms with Crippen molar-refractivity contribution in [2.75, 3.05) is 17.6 Å². The number of anilines is 1. The molecule has 5 nitrogen and oxygen atoms in total. The summed E-state index contributed by atoms with van der Waals surface area (Å²) in [5.74, 6) is 0.814. The smallest absolute Gasteiger partial charge is 0.258 e. The Labute approximate surface area is 180 Å². The fourth-order valence-electron chi connectivity index (χ4n) is 4.03. The molecule has 0 radical (unpaired) electrons. The number of carbonyl (C=O) groups excluding carboxylic acids is 2. The van der Waals surface area contributed by atoms with E-state index < -0.39 is 0 Å². The third-order valence-corrected chi connectivity index (χ3v) is 7.77. The van der Waals surface area contributed by atoms with Gasteiger partial charge in [-0.2, -0.15) is 0 Å². The number of nitrogens with one attached hydrogen (secondary N) is 2. The van der Waals surface area contributed by atoms with Crippen LogP contribution in [0.1, 0.15) is 59.5 Å². The number of hydrogen-bond acceptors (Lipinski definition) is 5.